The highest BCUT2D eigenvalue weighted by molar-refractivity contribution is 5.92. The fraction of sp³-hybridized carbons (Fsp3) is 0.357. The van der Waals surface area contributed by atoms with Gasteiger partial charge in [0.15, 0.2) is 0 Å². The summed E-state index contributed by atoms with van der Waals surface area (Å²) in [6.45, 7) is 8.81. The molecule has 17 heavy (non-hydrogen) atoms. The van der Waals surface area contributed by atoms with Crippen LogP contribution in [-0.2, 0) is 4.79 Å². The minimum absolute atomic E-state index is 0.0378. The molecule has 3 heteroatoms. The topological polar surface area (TPSA) is 41.1 Å². The second-order valence-electron chi connectivity index (χ2n) is 4.24. The van der Waals surface area contributed by atoms with Crippen LogP contribution in [0.1, 0.15) is 25.3 Å². The molecule has 0 atom stereocenters. The quantitative estimate of drug-likeness (QED) is 0.584. The molecule has 2 N–H and O–H groups in total. The zero-order valence-electron chi connectivity index (χ0n) is 10.5. The molecule has 92 valence electrons. The monoisotopic (exact) mass is 232 g/mol. The minimum atomic E-state index is -0.0378. The Kier molecular flexibility index (Phi) is 5.43. The summed E-state index contributed by atoms with van der Waals surface area (Å²) in [6.07, 6.45) is 1.73. The van der Waals surface area contributed by atoms with Gasteiger partial charge in [0.25, 0.3) is 0 Å². The fourth-order valence-electron chi connectivity index (χ4n) is 1.44. The predicted molar refractivity (Wildman–Crippen MR) is 72.2 cm³/mol. The molecular weight excluding hydrogens is 212 g/mol. The Bertz CT molecular complexity index is 368. The molecule has 1 aromatic rings. The van der Waals surface area contributed by atoms with Gasteiger partial charge >= 0.3 is 0 Å². The molecule has 0 heterocycles. The van der Waals surface area contributed by atoms with Gasteiger partial charge < -0.3 is 10.6 Å². The van der Waals surface area contributed by atoms with Crippen LogP contribution in [0.25, 0.3) is 0 Å². The highest BCUT2D eigenvalue weighted by atomic mass is 16.1. The van der Waals surface area contributed by atoms with E-state index in [1.807, 2.05) is 24.3 Å². The lowest BCUT2D eigenvalue weighted by molar-refractivity contribution is -0.115. The van der Waals surface area contributed by atoms with Crippen molar-refractivity contribution in [2.24, 2.45) is 0 Å². The van der Waals surface area contributed by atoms with Gasteiger partial charge in [-0.3, -0.25) is 4.79 Å². The van der Waals surface area contributed by atoms with Gasteiger partial charge in [0.2, 0.25) is 5.91 Å². The lowest BCUT2D eigenvalue weighted by atomic mass is 10.0. The molecule has 1 rings (SSSR count). The van der Waals surface area contributed by atoms with Crippen LogP contribution in [-0.4, -0.2) is 19.0 Å². The largest absolute Gasteiger partial charge is 0.325 e. The van der Waals surface area contributed by atoms with Crippen LogP contribution in [0.5, 0.6) is 0 Å². The number of benzene rings is 1. The van der Waals surface area contributed by atoms with Crippen molar-refractivity contribution < 1.29 is 4.79 Å². The molecular formula is C14H20N2O. The van der Waals surface area contributed by atoms with Gasteiger partial charge in [-0.1, -0.05) is 32.1 Å². The van der Waals surface area contributed by atoms with Gasteiger partial charge in [-0.15, -0.1) is 6.58 Å². The van der Waals surface area contributed by atoms with Crippen molar-refractivity contribution in [1.82, 2.24) is 5.32 Å². The zero-order chi connectivity index (χ0) is 12.7. The molecule has 0 aliphatic rings. The molecule has 0 saturated heterocycles. The van der Waals surface area contributed by atoms with Crippen LogP contribution in [0, 0.1) is 0 Å². The number of nitrogens with one attached hydrogen (secondary N) is 2. The van der Waals surface area contributed by atoms with Crippen molar-refractivity contribution in [3.63, 3.8) is 0 Å². The maximum Gasteiger partial charge on any atom is 0.238 e. The molecule has 3 nitrogen and oxygen atoms in total. The van der Waals surface area contributed by atoms with Crippen LogP contribution in [0.2, 0.25) is 0 Å². The zero-order valence-corrected chi connectivity index (χ0v) is 10.5. The van der Waals surface area contributed by atoms with E-state index in [4.69, 9.17) is 0 Å². The van der Waals surface area contributed by atoms with Crippen molar-refractivity contribution in [3.8, 4) is 0 Å². The Morgan fingerprint density at radius 3 is 2.53 bits per heavy atom. The van der Waals surface area contributed by atoms with Gasteiger partial charge in [-0.05, 0) is 23.6 Å². The lowest BCUT2D eigenvalue weighted by Crippen LogP contribution is -2.28. The van der Waals surface area contributed by atoms with Crippen molar-refractivity contribution in [2.75, 3.05) is 18.4 Å². The van der Waals surface area contributed by atoms with Gasteiger partial charge in [-0.2, -0.15) is 0 Å². The summed E-state index contributed by atoms with van der Waals surface area (Å²) in [7, 11) is 0. The molecule has 0 fully saturated rings. The smallest absolute Gasteiger partial charge is 0.238 e. The number of carbonyl (C=O) groups is 1. The Morgan fingerprint density at radius 2 is 2.00 bits per heavy atom. The van der Waals surface area contributed by atoms with E-state index in [1.54, 1.807) is 6.08 Å². The molecule has 0 saturated carbocycles. The molecule has 1 amide bonds. The van der Waals surface area contributed by atoms with E-state index in [2.05, 4.69) is 31.1 Å². The summed E-state index contributed by atoms with van der Waals surface area (Å²) in [5, 5.41) is 5.79. The maximum absolute atomic E-state index is 11.5. The first-order valence-corrected chi connectivity index (χ1v) is 5.85. The van der Waals surface area contributed by atoms with E-state index in [9.17, 15) is 4.79 Å². The van der Waals surface area contributed by atoms with Crippen LogP contribution < -0.4 is 10.6 Å². The SMILES string of the molecule is C=CCNCC(=O)Nc1ccc(C(C)C)cc1. The van der Waals surface area contributed by atoms with E-state index in [0.717, 1.165) is 5.69 Å². The predicted octanol–water partition coefficient (Wildman–Crippen LogP) is 2.52. The molecule has 0 radical (unpaired) electrons. The Labute approximate surface area is 103 Å². The van der Waals surface area contributed by atoms with Crippen molar-refractivity contribution in [2.45, 2.75) is 19.8 Å². The Balaban J connectivity index is 2.45. The Hall–Kier alpha value is -1.61. The first-order valence-electron chi connectivity index (χ1n) is 5.85. The second-order valence-corrected chi connectivity index (χ2v) is 4.24. The summed E-state index contributed by atoms with van der Waals surface area (Å²) in [4.78, 5) is 11.5. The van der Waals surface area contributed by atoms with Crippen LogP contribution in [0.15, 0.2) is 36.9 Å². The summed E-state index contributed by atoms with van der Waals surface area (Å²) >= 11 is 0. The summed E-state index contributed by atoms with van der Waals surface area (Å²) in [6, 6.07) is 7.94. The normalized spacial score (nSPS) is 10.3. The highest BCUT2D eigenvalue weighted by Gasteiger charge is 2.02. The number of amides is 1. The van der Waals surface area contributed by atoms with E-state index < -0.39 is 0 Å². The molecule has 0 aromatic heterocycles. The first kappa shape index (κ1) is 13.5. The van der Waals surface area contributed by atoms with E-state index in [-0.39, 0.29) is 5.91 Å². The molecule has 1 aromatic carbocycles. The van der Waals surface area contributed by atoms with E-state index >= 15 is 0 Å². The molecule has 0 aliphatic carbocycles. The minimum Gasteiger partial charge on any atom is -0.325 e. The number of hydrogen-bond donors (Lipinski definition) is 2. The van der Waals surface area contributed by atoms with Gasteiger partial charge in [0, 0.05) is 12.2 Å². The van der Waals surface area contributed by atoms with Crippen LogP contribution >= 0.6 is 0 Å². The summed E-state index contributed by atoms with van der Waals surface area (Å²) < 4.78 is 0. The molecule has 0 bridgehead atoms. The standard InChI is InChI=1S/C14H20N2O/c1-4-9-15-10-14(17)16-13-7-5-12(6-8-13)11(2)3/h4-8,11,15H,1,9-10H2,2-3H3,(H,16,17). The van der Waals surface area contributed by atoms with Crippen molar-refractivity contribution >= 4 is 11.6 Å². The second kappa shape index (κ2) is 6.86. The maximum atomic E-state index is 11.5. The first-order chi connectivity index (χ1) is 8.13. The number of hydrogen-bond acceptors (Lipinski definition) is 2. The molecule has 0 unspecified atom stereocenters. The van der Waals surface area contributed by atoms with Crippen LogP contribution in [0.4, 0.5) is 5.69 Å². The van der Waals surface area contributed by atoms with Crippen molar-refractivity contribution in [3.05, 3.63) is 42.5 Å². The van der Waals surface area contributed by atoms with E-state index in [0.29, 0.717) is 19.0 Å². The average molecular weight is 232 g/mol. The molecule has 0 aliphatic heterocycles. The van der Waals surface area contributed by atoms with Gasteiger partial charge in [0.1, 0.15) is 0 Å². The third kappa shape index (κ3) is 4.83. The van der Waals surface area contributed by atoms with Crippen LogP contribution in [0.3, 0.4) is 0 Å². The van der Waals surface area contributed by atoms with Gasteiger partial charge in [-0.25, -0.2) is 0 Å². The number of rotatable bonds is 6. The lowest BCUT2D eigenvalue weighted by Gasteiger charge is -2.08. The number of anilines is 1. The van der Waals surface area contributed by atoms with Gasteiger partial charge in [0.05, 0.1) is 6.54 Å². The summed E-state index contributed by atoms with van der Waals surface area (Å²) in [5.74, 6) is 0.471. The van der Waals surface area contributed by atoms with E-state index in [1.165, 1.54) is 5.56 Å². The Morgan fingerprint density at radius 1 is 1.35 bits per heavy atom. The van der Waals surface area contributed by atoms with Crippen molar-refractivity contribution in [1.29, 1.82) is 0 Å². The summed E-state index contributed by atoms with van der Waals surface area (Å²) in [5.41, 5.74) is 2.10. The fourth-order valence-corrected chi connectivity index (χ4v) is 1.44. The third-order valence-electron chi connectivity index (χ3n) is 2.44. The molecule has 0 spiro atoms. The third-order valence-corrected chi connectivity index (χ3v) is 2.44. The highest BCUT2D eigenvalue weighted by Crippen LogP contribution is 2.16. The number of carbonyl (C=O) groups excluding carboxylic acids is 1. The average Bonchev–Trinajstić information content (AvgIpc) is 2.30.